The van der Waals surface area contributed by atoms with E-state index in [2.05, 4.69) is 15.4 Å². The van der Waals surface area contributed by atoms with Crippen molar-refractivity contribution in [3.05, 3.63) is 30.4 Å². The number of hydrogen-bond acceptors (Lipinski definition) is 3. The molecule has 17 heavy (non-hydrogen) atoms. The van der Waals surface area contributed by atoms with Gasteiger partial charge in [0.1, 0.15) is 0 Å². The monoisotopic (exact) mass is 230 g/mol. The molecule has 0 atom stereocenters. The van der Waals surface area contributed by atoms with Gasteiger partial charge in [-0.15, -0.1) is 0 Å². The highest BCUT2D eigenvalue weighted by Crippen LogP contribution is 2.18. The van der Waals surface area contributed by atoms with Crippen molar-refractivity contribution in [2.45, 2.75) is 31.7 Å². The molecule has 0 aliphatic heterocycles. The molecule has 2 heterocycles. The molecule has 1 saturated carbocycles. The highest BCUT2D eigenvalue weighted by Gasteiger charge is 2.20. The summed E-state index contributed by atoms with van der Waals surface area (Å²) in [5.41, 5.74) is 1.35. The quantitative estimate of drug-likeness (QED) is 0.848. The van der Waals surface area contributed by atoms with Crippen LogP contribution in [0.2, 0.25) is 0 Å². The van der Waals surface area contributed by atoms with Gasteiger partial charge in [0.15, 0.2) is 0 Å². The number of nitrogens with zero attached hydrogens (tertiary/aromatic N) is 3. The molecule has 5 heteroatoms. The topological polar surface area (TPSA) is 59.3 Å². The van der Waals surface area contributed by atoms with Gasteiger partial charge in [-0.25, -0.2) is 4.52 Å². The summed E-state index contributed by atoms with van der Waals surface area (Å²) < 4.78 is 1.66. The van der Waals surface area contributed by atoms with Crippen molar-refractivity contribution in [1.29, 1.82) is 0 Å². The first-order valence-corrected chi connectivity index (χ1v) is 5.93. The smallest absolute Gasteiger partial charge is 0.255 e. The average molecular weight is 230 g/mol. The number of carbonyl (C=O) groups is 1. The minimum absolute atomic E-state index is 0.0418. The van der Waals surface area contributed by atoms with E-state index in [1.165, 1.54) is 12.8 Å². The van der Waals surface area contributed by atoms with Crippen LogP contribution in [-0.4, -0.2) is 26.5 Å². The van der Waals surface area contributed by atoms with Crippen molar-refractivity contribution < 1.29 is 4.79 Å². The lowest BCUT2D eigenvalue weighted by Crippen LogP contribution is -2.32. The summed E-state index contributed by atoms with van der Waals surface area (Å²) in [4.78, 5) is 16.1. The molecular formula is C12H14N4O. The van der Waals surface area contributed by atoms with Gasteiger partial charge >= 0.3 is 0 Å². The van der Waals surface area contributed by atoms with Crippen LogP contribution in [0.25, 0.3) is 5.52 Å². The van der Waals surface area contributed by atoms with Gasteiger partial charge in [0.25, 0.3) is 5.91 Å². The third kappa shape index (κ3) is 1.88. The van der Waals surface area contributed by atoms with Crippen molar-refractivity contribution in [2.24, 2.45) is 0 Å². The summed E-state index contributed by atoms with van der Waals surface area (Å²) >= 11 is 0. The fourth-order valence-electron chi connectivity index (χ4n) is 2.34. The fourth-order valence-corrected chi connectivity index (χ4v) is 2.34. The highest BCUT2D eigenvalue weighted by molar-refractivity contribution is 6.00. The number of rotatable bonds is 2. The molecule has 5 nitrogen and oxygen atoms in total. The van der Waals surface area contributed by atoms with Crippen LogP contribution in [0.5, 0.6) is 0 Å². The molecule has 0 radical (unpaired) electrons. The zero-order valence-electron chi connectivity index (χ0n) is 9.47. The number of carbonyl (C=O) groups excluding carboxylic acids is 1. The molecular weight excluding hydrogens is 216 g/mol. The Morgan fingerprint density at radius 2 is 2.18 bits per heavy atom. The van der Waals surface area contributed by atoms with Crippen molar-refractivity contribution in [3.63, 3.8) is 0 Å². The van der Waals surface area contributed by atoms with Crippen molar-refractivity contribution in [1.82, 2.24) is 19.9 Å². The Kier molecular flexibility index (Phi) is 2.51. The van der Waals surface area contributed by atoms with Gasteiger partial charge in [-0.1, -0.05) is 12.8 Å². The third-order valence-electron chi connectivity index (χ3n) is 3.26. The maximum Gasteiger partial charge on any atom is 0.255 e. The van der Waals surface area contributed by atoms with E-state index in [1.54, 1.807) is 29.3 Å². The van der Waals surface area contributed by atoms with Crippen LogP contribution in [0.15, 0.2) is 24.8 Å². The van der Waals surface area contributed by atoms with Gasteiger partial charge < -0.3 is 5.32 Å². The number of nitrogens with one attached hydrogen (secondary N) is 1. The molecule has 3 rings (SSSR count). The number of fused-ring (bicyclic) bond motifs is 1. The Morgan fingerprint density at radius 3 is 3.00 bits per heavy atom. The number of hydrogen-bond donors (Lipinski definition) is 1. The van der Waals surface area contributed by atoms with Crippen LogP contribution >= 0.6 is 0 Å². The van der Waals surface area contributed by atoms with E-state index in [0.29, 0.717) is 11.6 Å². The van der Waals surface area contributed by atoms with E-state index < -0.39 is 0 Å². The van der Waals surface area contributed by atoms with Gasteiger partial charge in [-0.05, 0) is 12.8 Å². The van der Waals surface area contributed by atoms with E-state index in [-0.39, 0.29) is 5.91 Å². The second-order valence-corrected chi connectivity index (χ2v) is 4.42. The van der Waals surface area contributed by atoms with Crippen LogP contribution in [0.1, 0.15) is 36.0 Å². The molecule has 0 saturated heterocycles. The second kappa shape index (κ2) is 4.16. The van der Waals surface area contributed by atoms with Gasteiger partial charge in [0.2, 0.25) is 0 Å². The standard InChI is InChI=1S/C12H14N4O/c17-12(15-9-3-1-2-4-9)10-7-14-16-6-5-13-8-11(10)16/h5-9H,1-4H2,(H,15,17). The summed E-state index contributed by atoms with van der Waals surface area (Å²) in [5.74, 6) is -0.0418. The normalized spacial score (nSPS) is 16.5. The molecule has 1 amide bonds. The minimum Gasteiger partial charge on any atom is -0.349 e. The Morgan fingerprint density at radius 1 is 1.35 bits per heavy atom. The largest absolute Gasteiger partial charge is 0.349 e. The molecule has 1 aliphatic rings. The fraction of sp³-hybridized carbons (Fsp3) is 0.417. The summed E-state index contributed by atoms with van der Waals surface area (Å²) in [6.45, 7) is 0. The highest BCUT2D eigenvalue weighted by atomic mass is 16.1. The van der Waals surface area contributed by atoms with Gasteiger partial charge in [-0.3, -0.25) is 9.78 Å². The molecule has 1 aliphatic carbocycles. The van der Waals surface area contributed by atoms with Crippen LogP contribution in [-0.2, 0) is 0 Å². The van der Waals surface area contributed by atoms with Gasteiger partial charge in [-0.2, -0.15) is 5.10 Å². The molecule has 0 spiro atoms. The van der Waals surface area contributed by atoms with Crippen LogP contribution < -0.4 is 5.32 Å². The number of aromatic nitrogens is 3. The molecule has 1 N–H and O–H groups in total. The first-order chi connectivity index (χ1) is 8.34. The first kappa shape index (κ1) is 10.3. The van der Waals surface area contributed by atoms with Crippen LogP contribution in [0, 0.1) is 0 Å². The molecule has 0 bridgehead atoms. The minimum atomic E-state index is -0.0418. The van der Waals surface area contributed by atoms with Crippen molar-refractivity contribution >= 4 is 11.4 Å². The van der Waals surface area contributed by atoms with E-state index in [0.717, 1.165) is 18.4 Å². The van der Waals surface area contributed by atoms with E-state index in [9.17, 15) is 4.79 Å². The zero-order chi connectivity index (χ0) is 11.7. The Labute approximate surface area is 98.9 Å². The molecule has 2 aromatic heterocycles. The van der Waals surface area contributed by atoms with Crippen LogP contribution in [0.4, 0.5) is 0 Å². The molecule has 2 aromatic rings. The lowest BCUT2D eigenvalue weighted by molar-refractivity contribution is 0.0939. The SMILES string of the molecule is O=C(NC1CCCC1)c1cnn2ccncc12. The predicted molar refractivity (Wildman–Crippen MR) is 62.7 cm³/mol. The zero-order valence-corrected chi connectivity index (χ0v) is 9.47. The molecule has 0 aromatic carbocycles. The van der Waals surface area contributed by atoms with Gasteiger partial charge in [0, 0.05) is 18.4 Å². The maximum absolute atomic E-state index is 12.1. The maximum atomic E-state index is 12.1. The lowest BCUT2D eigenvalue weighted by atomic mass is 10.2. The Bertz CT molecular complexity index is 542. The van der Waals surface area contributed by atoms with Crippen LogP contribution in [0.3, 0.4) is 0 Å². The molecule has 1 fully saturated rings. The van der Waals surface area contributed by atoms with E-state index in [4.69, 9.17) is 0 Å². The van der Waals surface area contributed by atoms with E-state index >= 15 is 0 Å². The summed E-state index contributed by atoms with van der Waals surface area (Å²) in [5, 5.41) is 7.18. The average Bonchev–Trinajstić information content (AvgIpc) is 2.96. The number of amides is 1. The first-order valence-electron chi connectivity index (χ1n) is 5.93. The van der Waals surface area contributed by atoms with Crippen molar-refractivity contribution in [2.75, 3.05) is 0 Å². The summed E-state index contributed by atoms with van der Waals surface area (Å²) in [7, 11) is 0. The van der Waals surface area contributed by atoms with Crippen molar-refractivity contribution in [3.8, 4) is 0 Å². The second-order valence-electron chi connectivity index (χ2n) is 4.42. The predicted octanol–water partition coefficient (Wildman–Crippen LogP) is 1.40. The summed E-state index contributed by atoms with van der Waals surface area (Å²) in [6.07, 6.45) is 11.2. The molecule has 88 valence electrons. The van der Waals surface area contributed by atoms with Gasteiger partial charge in [0.05, 0.1) is 23.5 Å². The Hall–Kier alpha value is -1.91. The molecule has 0 unspecified atom stereocenters. The Balaban J connectivity index is 1.85. The lowest BCUT2D eigenvalue weighted by Gasteiger charge is -2.10. The summed E-state index contributed by atoms with van der Waals surface area (Å²) in [6, 6.07) is 0.328. The third-order valence-corrected chi connectivity index (χ3v) is 3.26. The van der Waals surface area contributed by atoms with E-state index in [1.807, 2.05) is 0 Å².